The number of halogens is 3. The number of benzene rings is 1. The summed E-state index contributed by atoms with van der Waals surface area (Å²) in [6.07, 6.45) is -3.10. The molecule has 1 unspecified atom stereocenters. The van der Waals surface area contributed by atoms with Crippen molar-refractivity contribution in [1.82, 2.24) is 0 Å². The maximum atomic E-state index is 11.9. The lowest BCUT2D eigenvalue weighted by molar-refractivity contribution is 0.0819. The normalized spacial score (nSPS) is 12.5. The molecule has 6 heteroatoms. The Balaban J connectivity index is 2.39. The van der Waals surface area contributed by atoms with E-state index >= 15 is 0 Å². The fraction of sp³-hybridized carbons (Fsp3) is 0.455. The van der Waals surface area contributed by atoms with Gasteiger partial charge < -0.3 is 15.2 Å². The van der Waals surface area contributed by atoms with Crippen LogP contribution in [0.3, 0.4) is 0 Å². The van der Waals surface area contributed by atoms with E-state index in [2.05, 4.69) is 5.32 Å². The first kappa shape index (κ1) is 14.0. The highest BCUT2D eigenvalue weighted by Crippen LogP contribution is 2.16. The summed E-state index contributed by atoms with van der Waals surface area (Å²) in [5, 5.41) is 12.2. The van der Waals surface area contributed by atoms with Crippen LogP contribution in [0.1, 0.15) is 0 Å². The minimum atomic E-state index is -2.48. The molecule has 0 bridgehead atoms. The molecule has 1 rings (SSSR count). The van der Waals surface area contributed by atoms with Crippen LogP contribution in [0.25, 0.3) is 0 Å². The lowest BCUT2D eigenvalue weighted by Gasteiger charge is -2.11. The van der Waals surface area contributed by atoms with Crippen LogP contribution in [-0.2, 0) is 0 Å². The SMILES string of the molecule is OC(CCl)CNc1ccc(OCC(F)F)cc1. The standard InChI is InChI=1S/C11H14ClF2NO2/c12-5-9(16)6-15-8-1-3-10(4-2-8)17-7-11(13)14/h1-4,9,11,15-16H,5-7H2. The van der Waals surface area contributed by atoms with Crippen LogP contribution in [0.4, 0.5) is 14.5 Å². The predicted octanol–water partition coefficient (Wildman–Crippen LogP) is 2.34. The van der Waals surface area contributed by atoms with Crippen LogP contribution in [0.15, 0.2) is 24.3 Å². The second-order valence-corrected chi connectivity index (χ2v) is 3.72. The number of nitrogens with one attached hydrogen (secondary N) is 1. The van der Waals surface area contributed by atoms with Gasteiger partial charge in [0.25, 0.3) is 6.43 Å². The smallest absolute Gasteiger partial charge is 0.272 e. The lowest BCUT2D eigenvalue weighted by Crippen LogP contribution is -2.20. The number of rotatable bonds is 7. The number of anilines is 1. The van der Waals surface area contributed by atoms with E-state index in [1.165, 1.54) is 0 Å². The molecule has 0 saturated carbocycles. The highest BCUT2D eigenvalue weighted by Gasteiger charge is 2.04. The minimum Gasteiger partial charge on any atom is -0.488 e. The molecule has 17 heavy (non-hydrogen) atoms. The van der Waals surface area contributed by atoms with E-state index in [1.807, 2.05) is 0 Å². The largest absolute Gasteiger partial charge is 0.488 e. The maximum Gasteiger partial charge on any atom is 0.272 e. The third kappa shape index (κ3) is 5.70. The Morgan fingerprint density at radius 3 is 2.47 bits per heavy atom. The van der Waals surface area contributed by atoms with Gasteiger partial charge in [0.15, 0.2) is 0 Å². The van der Waals surface area contributed by atoms with E-state index in [4.69, 9.17) is 16.3 Å². The van der Waals surface area contributed by atoms with E-state index < -0.39 is 19.1 Å². The fourth-order valence-electron chi connectivity index (χ4n) is 1.12. The maximum absolute atomic E-state index is 11.9. The van der Waals surface area contributed by atoms with Crippen molar-refractivity contribution < 1.29 is 18.6 Å². The predicted molar refractivity (Wildman–Crippen MR) is 63.2 cm³/mol. The van der Waals surface area contributed by atoms with Crippen LogP contribution < -0.4 is 10.1 Å². The summed E-state index contributed by atoms with van der Waals surface area (Å²) in [4.78, 5) is 0. The number of aliphatic hydroxyl groups excluding tert-OH is 1. The van der Waals surface area contributed by atoms with Gasteiger partial charge in [-0.2, -0.15) is 0 Å². The molecule has 1 aromatic rings. The average Bonchev–Trinajstić information content (AvgIpc) is 2.34. The molecule has 1 aromatic carbocycles. The van der Waals surface area contributed by atoms with Crippen molar-refractivity contribution in [2.45, 2.75) is 12.5 Å². The van der Waals surface area contributed by atoms with Gasteiger partial charge in [0.2, 0.25) is 0 Å². The molecular formula is C11H14ClF2NO2. The summed E-state index contributed by atoms with van der Waals surface area (Å²) in [5.74, 6) is 0.538. The molecule has 0 aliphatic heterocycles. The molecular weight excluding hydrogens is 252 g/mol. The van der Waals surface area contributed by atoms with Gasteiger partial charge in [-0.3, -0.25) is 0 Å². The molecule has 0 amide bonds. The zero-order valence-corrected chi connectivity index (χ0v) is 9.83. The van der Waals surface area contributed by atoms with Crippen molar-refractivity contribution in [3.63, 3.8) is 0 Å². The molecule has 0 saturated heterocycles. The first-order valence-corrected chi connectivity index (χ1v) is 5.64. The summed E-state index contributed by atoms with van der Waals surface area (Å²) < 4.78 is 28.6. The van der Waals surface area contributed by atoms with Crippen molar-refractivity contribution in [1.29, 1.82) is 0 Å². The summed E-state index contributed by atoms with van der Waals surface area (Å²) in [6, 6.07) is 6.53. The summed E-state index contributed by atoms with van der Waals surface area (Å²) in [5.41, 5.74) is 0.763. The first-order valence-electron chi connectivity index (χ1n) is 5.10. The molecule has 0 aliphatic carbocycles. The number of ether oxygens (including phenoxy) is 1. The van der Waals surface area contributed by atoms with Crippen LogP contribution in [0, 0.1) is 0 Å². The van der Waals surface area contributed by atoms with E-state index in [9.17, 15) is 13.9 Å². The Hall–Kier alpha value is -1.07. The van der Waals surface area contributed by atoms with Crippen LogP contribution in [-0.4, -0.2) is 36.7 Å². The van der Waals surface area contributed by atoms with Gasteiger partial charge in [-0.15, -0.1) is 11.6 Å². The molecule has 96 valence electrons. The number of hydrogen-bond acceptors (Lipinski definition) is 3. The van der Waals surface area contributed by atoms with Crippen LogP contribution in [0.2, 0.25) is 0 Å². The molecule has 0 spiro atoms. The van der Waals surface area contributed by atoms with Crippen molar-refractivity contribution in [3.8, 4) is 5.75 Å². The second-order valence-electron chi connectivity index (χ2n) is 3.42. The van der Waals surface area contributed by atoms with Gasteiger partial charge in [-0.05, 0) is 24.3 Å². The Kier molecular flexibility index (Phi) is 6.00. The van der Waals surface area contributed by atoms with Crippen molar-refractivity contribution in [2.75, 3.05) is 24.3 Å². The van der Waals surface area contributed by atoms with Crippen molar-refractivity contribution in [3.05, 3.63) is 24.3 Å². The Bertz CT molecular complexity index is 322. The van der Waals surface area contributed by atoms with E-state index in [-0.39, 0.29) is 5.88 Å². The van der Waals surface area contributed by atoms with Crippen LogP contribution in [0.5, 0.6) is 5.75 Å². The van der Waals surface area contributed by atoms with Crippen molar-refractivity contribution in [2.24, 2.45) is 0 Å². The molecule has 0 heterocycles. The number of alkyl halides is 3. The summed E-state index contributed by atoms with van der Waals surface area (Å²) in [7, 11) is 0. The third-order valence-electron chi connectivity index (χ3n) is 1.95. The second kappa shape index (κ2) is 7.29. The van der Waals surface area contributed by atoms with Gasteiger partial charge in [0.1, 0.15) is 12.4 Å². The molecule has 0 fully saturated rings. The fourth-order valence-corrected chi connectivity index (χ4v) is 1.23. The van der Waals surface area contributed by atoms with Gasteiger partial charge in [-0.25, -0.2) is 8.78 Å². The zero-order chi connectivity index (χ0) is 12.7. The molecule has 1 atom stereocenters. The first-order chi connectivity index (χ1) is 8.11. The highest BCUT2D eigenvalue weighted by molar-refractivity contribution is 6.18. The Morgan fingerprint density at radius 2 is 1.94 bits per heavy atom. The monoisotopic (exact) mass is 265 g/mol. The molecule has 0 aromatic heterocycles. The third-order valence-corrected chi connectivity index (χ3v) is 2.31. The molecule has 0 aliphatic rings. The molecule has 2 N–H and O–H groups in total. The van der Waals surface area contributed by atoms with Crippen LogP contribution >= 0.6 is 11.6 Å². The van der Waals surface area contributed by atoms with E-state index in [0.717, 1.165) is 5.69 Å². The number of aliphatic hydroxyl groups is 1. The zero-order valence-electron chi connectivity index (χ0n) is 9.07. The van der Waals surface area contributed by atoms with Gasteiger partial charge >= 0.3 is 0 Å². The Morgan fingerprint density at radius 1 is 1.29 bits per heavy atom. The van der Waals surface area contributed by atoms with E-state index in [0.29, 0.717) is 12.3 Å². The lowest BCUT2D eigenvalue weighted by atomic mass is 10.3. The van der Waals surface area contributed by atoms with Gasteiger partial charge in [0.05, 0.1) is 12.0 Å². The van der Waals surface area contributed by atoms with E-state index in [1.54, 1.807) is 24.3 Å². The topological polar surface area (TPSA) is 41.5 Å². The average molecular weight is 266 g/mol. The Labute approximate surface area is 103 Å². The molecule has 0 radical (unpaired) electrons. The quantitative estimate of drug-likeness (QED) is 0.744. The minimum absolute atomic E-state index is 0.155. The highest BCUT2D eigenvalue weighted by atomic mass is 35.5. The molecule has 3 nitrogen and oxygen atoms in total. The van der Waals surface area contributed by atoms with Gasteiger partial charge in [-0.1, -0.05) is 0 Å². The van der Waals surface area contributed by atoms with Crippen molar-refractivity contribution >= 4 is 17.3 Å². The number of hydrogen-bond donors (Lipinski definition) is 2. The van der Waals surface area contributed by atoms with Gasteiger partial charge in [0, 0.05) is 12.2 Å². The summed E-state index contributed by atoms with van der Waals surface area (Å²) >= 11 is 5.43. The summed E-state index contributed by atoms with van der Waals surface area (Å²) in [6.45, 7) is -0.279.